The number of ether oxygens (including phenoxy) is 2. The Hall–Kier alpha value is -2.71. The topological polar surface area (TPSA) is 56.3 Å². The maximum absolute atomic E-state index is 14.5. The second-order valence-electron chi connectivity index (χ2n) is 6.64. The molecule has 1 N–H and O–H groups in total. The highest BCUT2D eigenvalue weighted by Gasteiger charge is 2.16. The second kappa shape index (κ2) is 8.97. The van der Waals surface area contributed by atoms with Gasteiger partial charge in [0.05, 0.1) is 29.0 Å². The molecule has 3 aromatic heterocycles. The van der Waals surface area contributed by atoms with Crippen LogP contribution in [-0.4, -0.2) is 30.2 Å². The Balaban J connectivity index is 1.49. The number of halogens is 1. The van der Waals surface area contributed by atoms with Crippen LogP contribution in [0.1, 0.15) is 17.4 Å². The maximum atomic E-state index is 14.5. The minimum atomic E-state index is -0.211. The third-order valence-electron chi connectivity index (χ3n) is 4.76. The highest BCUT2D eigenvalue weighted by Crippen LogP contribution is 2.39. The quantitative estimate of drug-likeness (QED) is 0.366. The van der Waals surface area contributed by atoms with Crippen molar-refractivity contribution >= 4 is 38.6 Å². The summed E-state index contributed by atoms with van der Waals surface area (Å²) in [4.78, 5) is 10.8. The van der Waals surface area contributed by atoms with Gasteiger partial charge in [-0.3, -0.25) is 0 Å². The normalized spacial score (nSPS) is 11.1. The average molecular weight is 444 g/mol. The lowest BCUT2D eigenvalue weighted by Crippen LogP contribution is -2.07. The molecule has 0 saturated heterocycles. The average Bonchev–Trinajstić information content (AvgIpc) is 3.34. The van der Waals surface area contributed by atoms with Crippen molar-refractivity contribution in [3.63, 3.8) is 0 Å². The van der Waals surface area contributed by atoms with Gasteiger partial charge in [-0.1, -0.05) is 0 Å². The molecule has 0 aliphatic heterocycles. The third kappa shape index (κ3) is 4.11. The van der Waals surface area contributed by atoms with E-state index in [2.05, 4.69) is 15.3 Å². The summed E-state index contributed by atoms with van der Waals surface area (Å²) < 4.78 is 26.3. The van der Waals surface area contributed by atoms with E-state index in [0.29, 0.717) is 30.7 Å². The Morgan fingerprint density at radius 3 is 2.87 bits per heavy atom. The van der Waals surface area contributed by atoms with E-state index in [0.717, 1.165) is 37.3 Å². The molecule has 1 aromatic carbocycles. The third-order valence-corrected chi connectivity index (χ3v) is 6.85. The molecule has 8 heteroatoms. The lowest BCUT2D eigenvalue weighted by molar-refractivity contribution is 0.342. The van der Waals surface area contributed by atoms with Gasteiger partial charge in [-0.05, 0) is 38.0 Å². The molecule has 4 rings (SSSR count). The molecule has 0 fully saturated rings. The maximum Gasteiger partial charge on any atom is 0.136 e. The number of anilines is 1. The predicted molar refractivity (Wildman–Crippen MR) is 122 cm³/mol. The number of benzene rings is 1. The molecule has 156 valence electrons. The van der Waals surface area contributed by atoms with Gasteiger partial charge in [0, 0.05) is 34.3 Å². The number of nitrogens with zero attached hydrogens (tertiary/aromatic N) is 2. The van der Waals surface area contributed by atoms with Crippen molar-refractivity contribution in [3.05, 3.63) is 52.2 Å². The molecule has 0 spiro atoms. The molecule has 0 aliphatic rings. The van der Waals surface area contributed by atoms with E-state index >= 15 is 0 Å². The van der Waals surface area contributed by atoms with Gasteiger partial charge in [-0.15, -0.1) is 22.7 Å². The van der Waals surface area contributed by atoms with Crippen LogP contribution in [0.25, 0.3) is 20.7 Å². The fourth-order valence-electron chi connectivity index (χ4n) is 3.37. The van der Waals surface area contributed by atoms with Crippen LogP contribution in [0.5, 0.6) is 11.5 Å². The van der Waals surface area contributed by atoms with E-state index in [1.54, 1.807) is 42.2 Å². The summed E-state index contributed by atoms with van der Waals surface area (Å²) in [5.74, 6) is 2.09. The number of aromatic nitrogens is 2. The standard InChI is InChI=1S/C22H22FN3O2S2/c1-4-28-14-9-19(29-11-14)17-10-20(26-12-25-17)24-8-7-15-13(2)30-22-18(27-3)6-5-16(23)21(15)22/h5-6,9-12H,4,7-8H2,1-3H3,(H,24,25,26). The first kappa shape index (κ1) is 20.6. The van der Waals surface area contributed by atoms with Crippen molar-refractivity contribution in [1.29, 1.82) is 0 Å². The molecular weight excluding hydrogens is 421 g/mol. The number of thiophene rings is 2. The van der Waals surface area contributed by atoms with Crippen molar-refractivity contribution in [2.75, 3.05) is 25.6 Å². The molecule has 3 heterocycles. The molecule has 30 heavy (non-hydrogen) atoms. The van der Waals surface area contributed by atoms with Gasteiger partial charge in [0.25, 0.3) is 0 Å². The van der Waals surface area contributed by atoms with Gasteiger partial charge in [0.1, 0.15) is 29.5 Å². The molecule has 0 radical (unpaired) electrons. The van der Waals surface area contributed by atoms with E-state index in [1.807, 2.05) is 31.4 Å². The fraction of sp³-hybridized carbons (Fsp3) is 0.273. The molecule has 0 saturated carbocycles. The van der Waals surface area contributed by atoms with Crippen LogP contribution >= 0.6 is 22.7 Å². The van der Waals surface area contributed by atoms with Gasteiger partial charge in [0.15, 0.2) is 0 Å². The first-order valence-electron chi connectivity index (χ1n) is 9.62. The van der Waals surface area contributed by atoms with Crippen LogP contribution in [0, 0.1) is 12.7 Å². The summed E-state index contributed by atoms with van der Waals surface area (Å²) in [6.45, 7) is 5.25. The highest BCUT2D eigenvalue weighted by atomic mass is 32.1. The van der Waals surface area contributed by atoms with Gasteiger partial charge in [-0.2, -0.15) is 0 Å². The highest BCUT2D eigenvalue weighted by molar-refractivity contribution is 7.19. The summed E-state index contributed by atoms with van der Waals surface area (Å²) in [6.07, 6.45) is 2.23. The Bertz CT molecular complexity index is 1170. The Morgan fingerprint density at radius 1 is 1.20 bits per heavy atom. The first-order chi connectivity index (χ1) is 14.6. The van der Waals surface area contributed by atoms with E-state index in [4.69, 9.17) is 9.47 Å². The summed E-state index contributed by atoms with van der Waals surface area (Å²) >= 11 is 3.15. The van der Waals surface area contributed by atoms with Crippen molar-refractivity contribution in [2.45, 2.75) is 20.3 Å². The van der Waals surface area contributed by atoms with E-state index in [-0.39, 0.29) is 5.82 Å². The van der Waals surface area contributed by atoms with Gasteiger partial charge in [-0.25, -0.2) is 14.4 Å². The molecule has 0 bridgehead atoms. The van der Waals surface area contributed by atoms with E-state index < -0.39 is 0 Å². The zero-order chi connectivity index (χ0) is 21.1. The number of hydrogen-bond acceptors (Lipinski definition) is 7. The summed E-state index contributed by atoms with van der Waals surface area (Å²) in [6, 6.07) is 7.05. The largest absolute Gasteiger partial charge is 0.495 e. The van der Waals surface area contributed by atoms with Crippen LogP contribution in [0.4, 0.5) is 10.2 Å². The molecular formula is C22H22FN3O2S2. The van der Waals surface area contributed by atoms with Crippen molar-refractivity contribution in [3.8, 4) is 22.1 Å². The van der Waals surface area contributed by atoms with Crippen molar-refractivity contribution < 1.29 is 13.9 Å². The number of aryl methyl sites for hydroxylation is 1. The lowest BCUT2D eigenvalue weighted by atomic mass is 10.1. The number of nitrogens with one attached hydrogen (secondary N) is 1. The van der Waals surface area contributed by atoms with Crippen LogP contribution in [-0.2, 0) is 6.42 Å². The number of rotatable bonds is 8. The van der Waals surface area contributed by atoms with Crippen LogP contribution in [0.15, 0.2) is 36.0 Å². The SMILES string of the molecule is CCOc1csc(-c2cc(NCCc3c(C)sc4c(OC)ccc(F)c34)ncn2)c1. The first-order valence-corrected chi connectivity index (χ1v) is 11.3. The van der Waals surface area contributed by atoms with Crippen LogP contribution in [0.3, 0.4) is 0 Å². The van der Waals surface area contributed by atoms with E-state index in [9.17, 15) is 4.39 Å². The number of fused-ring (bicyclic) bond motifs is 1. The lowest BCUT2D eigenvalue weighted by Gasteiger charge is -2.08. The summed E-state index contributed by atoms with van der Waals surface area (Å²) in [7, 11) is 1.61. The smallest absolute Gasteiger partial charge is 0.136 e. The van der Waals surface area contributed by atoms with Gasteiger partial charge < -0.3 is 14.8 Å². The van der Waals surface area contributed by atoms with E-state index in [1.165, 1.54) is 6.07 Å². The monoisotopic (exact) mass is 443 g/mol. The zero-order valence-electron chi connectivity index (χ0n) is 17.0. The van der Waals surface area contributed by atoms with Crippen LogP contribution in [0.2, 0.25) is 0 Å². The summed E-state index contributed by atoms with van der Waals surface area (Å²) in [5, 5.41) is 5.97. The fourth-order valence-corrected chi connectivity index (χ4v) is 5.38. The zero-order valence-corrected chi connectivity index (χ0v) is 18.6. The molecule has 0 amide bonds. The van der Waals surface area contributed by atoms with Crippen LogP contribution < -0.4 is 14.8 Å². The molecule has 5 nitrogen and oxygen atoms in total. The molecule has 4 aromatic rings. The molecule has 0 unspecified atom stereocenters. The summed E-state index contributed by atoms with van der Waals surface area (Å²) in [5.41, 5.74) is 1.85. The Labute approximate surface area is 182 Å². The predicted octanol–water partition coefficient (Wildman–Crippen LogP) is 5.93. The minimum absolute atomic E-state index is 0.211. The molecule has 0 atom stereocenters. The Kier molecular flexibility index (Phi) is 6.15. The van der Waals surface area contributed by atoms with Crippen molar-refractivity contribution in [1.82, 2.24) is 9.97 Å². The molecule has 0 aliphatic carbocycles. The van der Waals surface area contributed by atoms with Gasteiger partial charge >= 0.3 is 0 Å². The Morgan fingerprint density at radius 2 is 2.07 bits per heavy atom. The number of methoxy groups -OCH3 is 1. The van der Waals surface area contributed by atoms with Gasteiger partial charge in [0.2, 0.25) is 0 Å². The van der Waals surface area contributed by atoms with Crippen molar-refractivity contribution in [2.24, 2.45) is 0 Å². The second-order valence-corrected chi connectivity index (χ2v) is 8.77. The number of hydrogen-bond donors (Lipinski definition) is 1. The minimum Gasteiger partial charge on any atom is -0.495 e.